The number of carbonyl (C=O) groups is 4. The summed E-state index contributed by atoms with van der Waals surface area (Å²) in [5.74, 6) is -1.91. The molecule has 176 valence electrons. The zero-order chi connectivity index (χ0) is 24.1. The first-order valence-electron chi connectivity index (χ1n) is 10.8. The van der Waals surface area contributed by atoms with Crippen LogP contribution in [0.3, 0.4) is 0 Å². The van der Waals surface area contributed by atoms with Crippen molar-refractivity contribution in [3.8, 4) is 0 Å². The van der Waals surface area contributed by atoms with Crippen molar-refractivity contribution in [2.45, 2.75) is 39.8 Å². The Balaban J connectivity index is 1.93. The largest absolute Gasteiger partial charge is 0.459 e. The second-order valence-corrected chi connectivity index (χ2v) is 9.67. The molecule has 8 nitrogen and oxygen atoms in total. The summed E-state index contributed by atoms with van der Waals surface area (Å²) in [5.41, 5.74) is 0.632. The number of fused-ring (bicyclic) bond motifs is 4. The zero-order valence-corrected chi connectivity index (χ0v) is 19.9. The predicted octanol–water partition coefficient (Wildman–Crippen LogP) is 3.28. The number of thiophene rings is 1. The van der Waals surface area contributed by atoms with Crippen molar-refractivity contribution in [3.63, 3.8) is 0 Å². The summed E-state index contributed by atoms with van der Waals surface area (Å²) < 4.78 is 10.8. The Hall–Kier alpha value is -3.20. The van der Waals surface area contributed by atoms with Crippen molar-refractivity contribution in [3.05, 3.63) is 57.3 Å². The van der Waals surface area contributed by atoms with Crippen LogP contribution in [0.15, 0.2) is 36.4 Å². The molecule has 1 aliphatic heterocycles. The van der Waals surface area contributed by atoms with Crippen molar-refractivity contribution >= 4 is 35.1 Å². The summed E-state index contributed by atoms with van der Waals surface area (Å²) in [6.07, 6.45) is 0. The average Bonchev–Trinajstić information content (AvgIpc) is 3.28. The van der Waals surface area contributed by atoms with Crippen LogP contribution in [-0.4, -0.2) is 49.1 Å². The van der Waals surface area contributed by atoms with Crippen LogP contribution in [-0.2, 0) is 9.47 Å². The third kappa shape index (κ3) is 6.19. The molecule has 2 atom stereocenters. The van der Waals surface area contributed by atoms with E-state index in [2.05, 4.69) is 10.6 Å². The summed E-state index contributed by atoms with van der Waals surface area (Å²) in [6.45, 7) is 7.55. The highest BCUT2D eigenvalue weighted by Gasteiger charge is 2.24. The Bertz CT molecular complexity index is 969. The lowest BCUT2D eigenvalue weighted by molar-refractivity contribution is 0.0434. The summed E-state index contributed by atoms with van der Waals surface area (Å²) in [6, 6.07) is 8.50. The minimum atomic E-state index is -0.575. The Morgan fingerprint density at radius 3 is 1.58 bits per heavy atom. The number of amides is 2. The Labute approximate surface area is 196 Å². The molecule has 3 rings (SSSR count). The topological polar surface area (TPSA) is 111 Å². The van der Waals surface area contributed by atoms with E-state index in [4.69, 9.17) is 9.47 Å². The van der Waals surface area contributed by atoms with Crippen LogP contribution in [0.5, 0.6) is 0 Å². The van der Waals surface area contributed by atoms with Crippen molar-refractivity contribution in [1.29, 1.82) is 0 Å². The number of rotatable bonds is 2. The SMILES string of the molecule is CC(C)C1COC(=O)c2ccc(s2)C(=O)OCC(C(C)C)NC(=O)c2cccc(c2)C(=O)N1. The second kappa shape index (κ2) is 10.6. The number of benzene rings is 1. The highest BCUT2D eigenvalue weighted by molar-refractivity contribution is 7.15. The van der Waals surface area contributed by atoms with Gasteiger partial charge in [-0.15, -0.1) is 11.3 Å². The van der Waals surface area contributed by atoms with Crippen LogP contribution in [0.25, 0.3) is 0 Å². The van der Waals surface area contributed by atoms with Crippen molar-refractivity contribution < 1.29 is 28.7 Å². The fraction of sp³-hybridized carbons (Fsp3) is 0.417. The maximum Gasteiger partial charge on any atom is 0.348 e. The molecular weight excluding hydrogens is 444 g/mol. The smallest absolute Gasteiger partial charge is 0.348 e. The lowest BCUT2D eigenvalue weighted by atomic mass is 10.0. The number of esters is 2. The molecule has 2 unspecified atom stereocenters. The van der Waals surface area contributed by atoms with Gasteiger partial charge in [-0.05, 0) is 42.2 Å². The van der Waals surface area contributed by atoms with Crippen LogP contribution < -0.4 is 10.6 Å². The Kier molecular flexibility index (Phi) is 7.86. The quantitative estimate of drug-likeness (QED) is 0.649. The van der Waals surface area contributed by atoms with E-state index in [1.807, 2.05) is 27.7 Å². The minimum Gasteiger partial charge on any atom is -0.459 e. The predicted molar refractivity (Wildman–Crippen MR) is 124 cm³/mol. The molecule has 4 bridgehead atoms. The van der Waals surface area contributed by atoms with E-state index < -0.39 is 24.0 Å². The summed E-state index contributed by atoms with van der Waals surface area (Å²) >= 11 is 0.975. The van der Waals surface area contributed by atoms with Crippen molar-refractivity contribution in [2.75, 3.05) is 13.2 Å². The molecule has 1 aromatic heterocycles. The van der Waals surface area contributed by atoms with Gasteiger partial charge >= 0.3 is 11.9 Å². The van der Waals surface area contributed by atoms with E-state index in [1.165, 1.54) is 18.2 Å². The molecule has 0 aliphatic carbocycles. The molecule has 0 spiro atoms. The van der Waals surface area contributed by atoms with E-state index in [0.29, 0.717) is 11.1 Å². The highest BCUT2D eigenvalue weighted by Crippen LogP contribution is 2.20. The Morgan fingerprint density at radius 1 is 0.758 bits per heavy atom. The molecular formula is C24H28N2O6S. The van der Waals surface area contributed by atoms with Crippen LogP contribution >= 0.6 is 11.3 Å². The van der Waals surface area contributed by atoms with E-state index in [9.17, 15) is 19.2 Å². The van der Waals surface area contributed by atoms with Gasteiger partial charge in [0.2, 0.25) is 0 Å². The number of ether oxygens (including phenoxy) is 2. The Morgan fingerprint density at radius 2 is 1.18 bits per heavy atom. The summed E-state index contributed by atoms with van der Waals surface area (Å²) in [5, 5.41) is 5.76. The third-order valence-corrected chi connectivity index (χ3v) is 6.47. The van der Waals surface area contributed by atoms with Crippen LogP contribution in [0.2, 0.25) is 0 Å². The van der Waals surface area contributed by atoms with Gasteiger partial charge in [-0.25, -0.2) is 9.59 Å². The number of carbonyl (C=O) groups excluding carboxylic acids is 4. The normalized spacial score (nSPS) is 20.4. The fourth-order valence-electron chi connectivity index (χ4n) is 3.14. The zero-order valence-electron chi connectivity index (χ0n) is 19.0. The molecule has 2 amide bonds. The van der Waals surface area contributed by atoms with E-state index in [0.717, 1.165) is 11.3 Å². The van der Waals surface area contributed by atoms with Crippen LogP contribution in [0.4, 0.5) is 0 Å². The number of nitrogens with one attached hydrogen (secondary N) is 2. The van der Waals surface area contributed by atoms with Gasteiger partial charge in [-0.3, -0.25) is 9.59 Å². The standard InChI is InChI=1S/C24H28N2O6S/c1-13(2)17-11-31-23(29)19-8-9-20(33-19)24(30)32-12-18(14(3)4)26-22(28)16-7-5-6-15(10-16)21(27)25-17/h5-10,13-14,17-18H,11-12H2,1-4H3,(H,25,27)(H,26,28). The second-order valence-electron chi connectivity index (χ2n) is 8.59. The first-order chi connectivity index (χ1) is 15.7. The molecule has 33 heavy (non-hydrogen) atoms. The number of hydrogen-bond donors (Lipinski definition) is 2. The first kappa shape index (κ1) is 24.4. The average molecular weight is 473 g/mol. The van der Waals surface area contributed by atoms with Gasteiger partial charge in [0.15, 0.2) is 0 Å². The van der Waals surface area contributed by atoms with Gasteiger partial charge in [0, 0.05) is 11.1 Å². The van der Waals surface area contributed by atoms with Crippen LogP contribution in [0.1, 0.15) is 67.8 Å². The number of hydrogen-bond acceptors (Lipinski definition) is 7. The molecule has 2 N–H and O–H groups in total. The third-order valence-electron chi connectivity index (χ3n) is 5.43. The maximum absolute atomic E-state index is 12.8. The lowest BCUT2D eigenvalue weighted by Gasteiger charge is -2.23. The monoisotopic (exact) mass is 472 g/mol. The van der Waals surface area contributed by atoms with E-state index >= 15 is 0 Å². The van der Waals surface area contributed by atoms with Gasteiger partial charge in [0.1, 0.15) is 23.0 Å². The van der Waals surface area contributed by atoms with Crippen LogP contribution in [0, 0.1) is 11.8 Å². The van der Waals surface area contributed by atoms with Gasteiger partial charge < -0.3 is 20.1 Å². The number of cyclic esters (lactones) is 2. The molecule has 0 saturated heterocycles. The molecule has 1 aromatic carbocycles. The lowest BCUT2D eigenvalue weighted by Crippen LogP contribution is -2.43. The summed E-state index contributed by atoms with van der Waals surface area (Å²) in [4.78, 5) is 51.2. The van der Waals surface area contributed by atoms with Gasteiger partial charge in [-0.1, -0.05) is 33.8 Å². The molecule has 1 aliphatic rings. The molecule has 2 heterocycles. The van der Waals surface area contributed by atoms with Gasteiger partial charge in [-0.2, -0.15) is 0 Å². The molecule has 2 aromatic rings. The van der Waals surface area contributed by atoms with Crippen molar-refractivity contribution in [2.24, 2.45) is 11.8 Å². The highest BCUT2D eigenvalue weighted by atomic mass is 32.1. The van der Waals surface area contributed by atoms with Gasteiger partial charge in [0.05, 0.1) is 12.1 Å². The van der Waals surface area contributed by atoms with Gasteiger partial charge in [0.25, 0.3) is 11.8 Å². The molecule has 9 heteroatoms. The minimum absolute atomic E-state index is 0.0144. The first-order valence-corrected chi connectivity index (χ1v) is 11.6. The fourth-order valence-corrected chi connectivity index (χ4v) is 3.93. The van der Waals surface area contributed by atoms with E-state index in [1.54, 1.807) is 18.2 Å². The maximum atomic E-state index is 12.8. The van der Waals surface area contributed by atoms with E-state index in [-0.39, 0.29) is 46.6 Å². The molecule has 0 fully saturated rings. The molecule has 0 radical (unpaired) electrons. The molecule has 0 saturated carbocycles. The van der Waals surface area contributed by atoms with Crippen molar-refractivity contribution in [1.82, 2.24) is 10.6 Å². The summed E-state index contributed by atoms with van der Waals surface area (Å²) in [7, 11) is 0.